The Balaban J connectivity index is 1.59. The minimum absolute atomic E-state index is 0.0614. The minimum atomic E-state index is -0.672. The SMILES string of the molecule is CCc1nc(C)oc1C(=O)N=c1sc2cc(C(N)=O)cc(OC)c2n1C/C=C/CNc1c(N)cc(C(N)=O)cc1OCCCC(=O)OC(C)(C)C. The number of nitrogens with one attached hydrogen (secondary N) is 1. The van der Waals surface area contributed by atoms with E-state index in [2.05, 4.69) is 15.3 Å². The summed E-state index contributed by atoms with van der Waals surface area (Å²) in [5.41, 5.74) is 19.0. The topological polar surface area (TPSA) is 229 Å². The standard InChI is InChI=1S/C35H43N7O8S/c1-7-23-30(49-19(2)40-23)33(46)41-34-42(29-25(47-6)17-21(32(38)45)18-26(29)51-34)13-9-8-12-39-28-22(36)15-20(31(37)44)16-24(28)48-14-10-11-27(43)50-35(3,4)5/h8-9,15-18,39H,7,10-14,36H2,1-6H3,(H2,37,44)(H2,38,45)/b9-8+,41-34?. The first-order chi connectivity index (χ1) is 24.1. The molecule has 0 saturated carbocycles. The Kier molecular flexibility index (Phi) is 12.3. The maximum atomic E-state index is 13.3. The highest BCUT2D eigenvalue weighted by atomic mass is 32.1. The van der Waals surface area contributed by atoms with Gasteiger partial charge in [0.2, 0.25) is 17.6 Å². The van der Waals surface area contributed by atoms with Gasteiger partial charge in [0, 0.05) is 37.6 Å². The summed E-state index contributed by atoms with van der Waals surface area (Å²) in [5, 5.41) is 3.21. The Morgan fingerprint density at radius 3 is 2.39 bits per heavy atom. The second-order valence-corrected chi connectivity index (χ2v) is 13.4. The van der Waals surface area contributed by atoms with Crippen LogP contribution in [0.4, 0.5) is 11.4 Å². The maximum Gasteiger partial charge on any atom is 0.317 e. The van der Waals surface area contributed by atoms with Gasteiger partial charge in [-0.25, -0.2) is 4.98 Å². The fourth-order valence-corrected chi connectivity index (χ4v) is 6.13. The van der Waals surface area contributed by atoms with Crippen molar-refractivity contribution < 1.29 is 37.8 Å². The highest BCUT2D eigenvalue weighted by Gasteiger charge is 2.21. The number of hydrogen-bond acceptors (Lipinski definition) is 12. The number of aryl methyl sites for hydroxylation is 2. The first kappa shape index (κ1) is 38.2. The number of allylic oxidation sites excluding steroid dienone is 1. The number of methoxy groups -OCH3 is 1. The van der Waals surface area contributed by atoms with E-state index >= 15 is 0 Å². The Morgan fingerprint density at radius 1 is 1.06 bits per heavy atom. The van der Waals surface area contributed by atoms with Gasteiger partial charge in [-0.1, -0.05) is 30.4 Å². The van der Waals surface area contributed by atoms with Crippen LogP contribution < -0.4 is 36.8 Å². The largest absolute Gasteiger partial charge is 0.494 e. The molecule has 0 radical (unpaired) electrons. The number of thiazole rings is 1. The summed E-state index contributed by atoms with van der Waals surface area (Å²) in [6.07, 6.45) is 4.68. The summed E-state index contributed by atoms with van der Waals surface area (Å²) >= 11 is 1.19. The van der Waals surface area contributed by atoms with E-state index in [1.54, 1.807) is 38.3 Å². The molecule has 0 atom stereocenters. The molecule has 2 aromatic carbocycles. The molecule has 0 aliphatic rings. The molecule has 0 bridgehead atoms. The van der Waals surface area contributed by atoms with Crippen LogP contribution in [0.25, 0.3) is 10.2 Å². The van der Waals surface area contributed by atoms with Gasteiger partial charge < -0.3 is 45.7 Å². The van der Waals surface area contributed by atoms with E-state index in [0.29, 0.717) is 56.6 Å². The van der Waals surface area contributed by atoms with E-state index in [1.807, 2.05) is 19.1 Å². The van der Waals surface area contributed by atoms with Crippen molar-refractivity contribution in [2.75, 3.05) is 31.3 Å². The Hall–Kier alpha value is -5.64. The lowest BCUT2D eigenvalue weighted by atomic mass is 10.1. The third-order valence-electron chi connectivity index (χ3n) is 7.25. The summed E-state index contributed by atoms with van der Waals surface area (Å²) in [5.74, 6) is -1.16. The van der Waals surface area contributed by atoms with E-state index in [4.69, 9.17) is 35.8 Å². The van der Waals surface area contributed by atoms with Crippen molar-refractivity contribution in [3.63, 3.8) is 0 Å². The molecule has 0 aliphatic carbocycles. The van der Waals surface area contributed by atoms with E-state index < -0.39 is 23.3 Å². The lowest BCUT2D eigenvalue weighted by Crippen LogP contribution is -2.24. The Morgan fingerprint density at radius 2 is 1.75 bits per heavy atom. The van der Waals surface area contributed by atoms with E-state index in [9.17, 15) is 19.2 Å². The predicted molar refractivity (Wildman–Crippen MR) is 193 cm³/mol. The van der Waals surface area contributed by atoms with Crippen LogP contribution in [0.15, 0.2) is 45.8 Å². The van der Waals surface area contributed by atoms with Crippen molar-refractivity contribution in [2.24, 2.45) is 16.5 Å². The molecule has 4 aromatic rings. The second-order valence-electron chi connectivity index (χ2n) is 12.4. The van der Waals surface area contributed by atoms with Crippen LogP contribution in [0.5, 0.6) is 11.5 Å². The van der Waals surface area contributed by atoms with E-state index in [1.165, 1.54) is 36.6 Å². The number of hydrogen-bond donors (Lipinski definition) is 4. The number of fused-ring (bicyclic) bond motifs is 1. The first-order valence-corrected chi connectivity index (χ1v) is 17.0. The summed E-state index contributed by atoms with van der Waals surface area (Å²) in [6, 6.07) is 6.10. The van der Waals surface area contributed by atoms with Crippen LogP contribution in [0.1, 0.15) is 83.4 Å². The van der Waals surface area contributed by atoms with Crippen molar-refractivity contribution in [2.45, 2.75) is 66.0 Å². The number of aromatic nitrogens is 2. The van der Waals surface area contributed by atoms with Crippen LogP contribution in [-0.4, -0.2) is 59.1 Å². The zero-order valence-corrected chi connectivity index (χ0v) is 30.3. The average molecular weight is 722 g/mol. The maximum absolute atomic E-state index is 13.3. The van der Waals surface area contributed by atoms with Crippen LogP contribution in [0.3, 0.4) is 0 Å². The van der Waals surface area contributed by atoms with Crippen LogP contribution in [0.2, 0.25) is 0 Å². The fourth-order valence-electron chi connectivity index (χ4n) is 5.04. The van der Waals surface area contributed by atoms with Gasteiger partial charge in [-0.2, -0.15) is 4.99 Å². The Bertz CT molecular complexity index is 2050. The average Bonchev–Trinajstić information content (AvgIpc) is 3.61. The van der Waals surface area contributed by atoms with Gasteiger partial charge >= 0.3 is 11.9 Å². The molecular weight excluding hydrogens is 678 g/mol. The van der Waals surface area contributed by atoms with Crippen LogP contribution >= 0.6 is 11.3 Å². The summed E-state index contributed by atoms with van der Waals surface area (Å²) in [6.45, 7) is 9.60. The smallest absolute Gasteiger partial charge is 0.317 e. The molecule has 4 rings (SSSR count). The Labute approximate surface area is 298 Å². The third kappa shape index (κ3) is 9.75. The highest BCUT2D eigenvalue weighted by Crippen LogP contribution is 2.33. The second kappa shape index (κ2) is 16.4. The zero-order chi connectivity index (χ0) is 37.5. The molecule has 0 aliphatic heterocycles. The lowest BCUT2D eigenvalue weighted by Gasteiger charge is -2.19. The van der Waals surface area contributed by atoms with Crippen molar-refractivity contribution in [3.05, 3.63) is 69.7 Å². The fraction of sp³-hybridized carbons (Fsp3) is 0.371. The van der Waals surface area contributed by atoms with Gasteiger partial charge in [0.1, 0.15) is 28.3 Å². The van der Waals surface area contributed by atoms with E-state index in [-0.39, 0.29) is 54.7 Å². The van der Waals surface area contributed by atoms with Gasteiger partial charge in [-0.15, -0.1) is 0 Å². The van der Waals surface area contributed by atoms with Crippen molar-refractivity contribution in [1.29, 1.82) is 0 Å². The first-order valence-electron chi connectivity index (χ1n) is 16.1. The van der Waals surface area contributed by atoms with Crippen LogP contribution in [-0.2, 0) is 22.5 Å². The number of nitrogen functional groups attached to an aromatic ring is 1. The normalized spacial score (nSPS) is 12.0. The molecule has 272 valence electrons. The number of benzene rings is 2. The van der Waals surface area contributed by atoms with Crippen molar-refractivity contribution >= 4 is 56.6 Å². The number of ether oxygens (including phenoxy) is 3. The summed E-state index contributed by atoms with van der Waals surface area (Å²) in [4.78, 5) is 58.4. The van der Waals surface area contributed by atoms with Gasteiger partial charge in [-0.05, 0) is 57.9 Å². The monoisotopic (exact) mass is 721 g/mol. The molecule has 0 spiro atoms. The number of amides is 3. The molecule has 3 amide bonds. The number of carbonyl (C=O) groups is 4. The molecule has 16 heteroatoms. The molecule has 0 saturated heterocycles. The van der Waals surface area contributed by atoms with Gasteiger partial charge in [0.05, 0.1) is 29.8 Å². The van der Waals surface area contributed by atoms with Gasteiger partial charge in [-0.3, -0.25) is 19.2 Å². The molecule has 0 unspecified atom stereocenters. The number of esters is 1. The molecular formula is C35H43N7O8S. The minimum Gasteiger partial charge on any atom is -0.494 e. The number of nitrogens with two attached hydrogens (primary N) is 3. The van der Waals surface area contributed by atoms with Crippen molar-refractivity contribution in [3.8, 4) is 11.5 Å². The zero-order valence-electron chi connectivity index (χ0n) is 29.5. The number of carbonyl (C=O) groups excluding carboxylic acids is 4. The molecule has 51 heavy (non-hydrogen) atoms. The predicted octanol–water partition coefficient (Wildman–Crippen LogP) is 4.26. The number of oxazole rings is 1. The highest BCUT2D eigenvalue weighted by molar-refractivity contribution is 7.16. The van der Waals surface area contributed by atoms with Gasteiger partial charge in [0.25, 0.3) is 0 Å². The summed E-state index contributed by atoms with van der Waals surface area (Å²) in [7, 11) is 1.47. The van der Waals surface area contributed by atoms with Gasteiger partial charge in [0.15, 0.2) is 10.7 Å². The molecule has 2 aromatic heterocycles. The van der Waals surface area contributed by atoms with Crippen molar-refractivity contribution in [1.82, 2.24) is 9.55 Å². The van der Waals surface area contributed by atoms with E-state index in [0.717, 1.165) is 0 Å². The number of primary amides is 2. The molecule has 7 N–H and O–H groups in total. The molecule has 0 fully saturated rings. The van der Waals surface area contributed by atoms with Crippen LogP contribution in [0, 0.1) is 6.92 Å². The summed E-state index contributed by atoms with van der Waals surface area (Å²) < 4.78 is 24.9. The number of nitrogens with zero attached hydrogens (tertiary/aromatic N) is 3. The molecule has 15 nitrogen and oxygen atoms in total. The number of rotatable bonds is 15. The third-order valence-corrected chi connectivity index (χ3v) is 8.27. The quantitative estimate of drug-likeness (QED) is 0.0586. The molecule has 2 heterocycles. The lowest BCUT2D eigenvalue weighted by molar-refractivity contribution is -0.155. The number of anilines is 2.